The van der Waals surface area contributed by atoms with Crippen LogP contribution in [0.5, 0.6) is 11.5 Å². The van der Waals surface area contributed by atoms with Crippen LogP contribution in [0, 0.1) is 5.92 Å². The maximum absolute atomic E-state index is 13.1. The van der Waals surface area contributed by atoms with Gasteiger partial charge in [-0.2, -0.15) is 0 Å². The molecule has 2 aromatic rings. The molecule has 154 valence electrons. The molecule has 2 aliphatic rings. The quantitative estimate of drug-likeness (QED) is 0.789. The van der Waals surface area contributed by atoms with Crippen LogP contribution in [0.1, 0.15) is 41.3 Å². The summed E-state index contributed by atoms with van der Waals surface area (Å²) < 4.78 is 11.0. The van der Waals surface area contributed by atoms with E-state index in [0.29, 0.717) is 18.0 Å². The molecule has 29 heavy (non-hydrogen) atoms. The minimum Gasteiger partial charge on any atom is -0.493 e. The fourth-order valence-corrected chi connectivity index (χ4v) is 4.90. The lowest BCUT2D eigenvalue weighted by Gasteiger charge is -2.37. The number of ether oxygens (including phenoxy) is 2. The second-order valence-electron chi connectivity index (χ2n) is 7.51. The maximum atomic E-state index is 13.1. The molecule has 0 spiro atoms. The molecule has 1 aliphatic carbocycles. The van der Waals surface area contributed by atoms with Gasteiger partial charge in [-0.25, -0.2) is 0 Å². The Hall–Kier alpha value is -2.54. The number of amides is 2. The zero-order valence-corrected chi connectivity index (χ0v) is 17.6. The third kappa shape index (κ3) is 3.83. The van der Waals surface area contributed by atoms with Gasteiger partial charge in [-0.1, -0.05) is 12.5 Å². The molecule has 1 aliphatic heterocycles. The number of fused-ring (bicyclic) bond motifs is 1. The molecule has 1 aromatic carbocycles. The number of carbonyl (C=O) groups excluding carboxylic acids is 2. The van der Waals surface area contributed by atoms with Crippen molar-refractivity contribution >= 4 is 23.2 Å². The molecule has 7 heteroatoms. The van der Waals surface area contributed by atoms with Crippen LogP contribution in [0.4, 0.5) is 0 Å². The fraction of sp³-hybridized carbons (Fsp3) is 0.455. The summed E-state index contributed by atoms with van der Waals surface area (Å²) in [5, 5.41) is 4.86. The van der Waals surface area contributed by atoms with E-state index in [4.69, 9.17) is 9.47 Å². The number of thiophene rings is 1. The van der Waals surface area contributed by atoms with E-state index in [2.05, 4.69) is 5.32 Å². The van der Waals surface area contributed by atoms with E-state index in [0.717, 1.165) is 41.7 Å². The second-order valence-corrected chi connectivity index (χ2v) is 8.49. The minimum atomic E-state index is -0.188. The topological polar surface area (TPSA) is 67.9 Å². The van der Waals surface area contributed by atoms with Crippen molar-refractivity contribution in [3.05, 3.63) is 45.6 Å². The van der Waals surface area contributed by atoms with Crippen LogP contribution in [0.25, 0.3) is 0 Å². The van der Waals surface area contributed by atoms with E-state index in [1.807, 2.05) is 34.5 Å². The predicted octanol–water partition coefficient (Wildman–Crippen LogP) is 3.16. The SMILES string of the molecule is COc1cc2c(cc1OC)[C@@H](c1cccs1)N(C(=O)CNC(=O)C1CCC1)CC2. The highest BCUT2D eigenvalue weighted by atomic mass is 32.1. The van der Waals surface area contributed by atoms with E-state index in [9.17, 15) is 9.59 Å². The van der Waals surface area contributed by atoms with Crippen LogP contribution in [0.3, 0.4) is 0 Å². The van der Waals surface area contributed by atoms with Gasteiger partial charge >= 0.3 is 0 Å². The van der Waals surface area contributed by atoms with E-state index in [1.165, 1.54) is 0 Å². The Morgan fingerprint density at radius 1 is 1.21 bits per heavy atom. The summed E-state index contributed by atoms with van der Waals surface area (Å²) in [5.74, 6) is 1.37. The summed E-state index contributed by atoms with van der Waals surface area (Å²) in [7, 11) is 3.25. The van der Waals surface area contributed by atoms with Crippen LogP contribution >= 0.6 is 11.3 Å². The van der Waals surface area contributed by atoms with Crippen molar-refractivity contribution in [3.63, 3.8) is 0 Å². The van der Waals surface area contributed by atoms with Crippen molar-refractivity contribution in [2.24, 2.45) is 5.92 Å². The van der Waals surface area contributed by atoms with Crippen LogP contribution in [-0.2, 0) is 16.0 Å². The number of rotatable bonds is 6. The van der Waals surface area contributed by atoms with Gasteiger partial charge in [-0.15, -0.1) is 11.3 Å². The molecule has 2 heterocycles. The van der Waals surface area contributed by atoms with Gasteiger partial charge in [0.05, 0.1) is 26.8 Å². The van der Waals surface area contributed by atoms with Gasteiger partial charge in [0, 0.05) is 17.3 Å². The summed E-state index contributed by atoms with van der Waals surface area (Å²) >= 11 is 1.63. The Kier molecular flexibility index (Phi) is 5.76. The van der Waals surface area contributed by atoms with Crippen LogP contribution in [0.15, 0.2) is 29.6 Å². The molecule has 2 amide bonds. The van der Waals surface area contributed by atoms with E-state index in [1.54, 1.807) is 25.6 Å². The Labute approximate surface area is 174 Å². The molecule has 0 radical (unpaired) electrons. The molecule has 1 aromatic heterocycles. The average Bonchev–Trinajstić information content (AvgIpc) is 3.23. The second kappa shape index (κ2) is 8.45. The lowest BCUT2D eigenvalue weighted by atomic mass is 9.85. The van der Waals surface area contributed by atoms with Gasteiger partial charge in [-0.3, -0.25) is 9.59 Å². The zero-order chi connectivity index (χ0) is 20.4. The predicted molar refractivity (Wildman–Crippen MR) is 111 cm³/mol. The number of hydrogen-bond donors (Lipinski definition) is 1. The Bertz CT molecular complexity index is 892. The lowest BCUT2D eigenvalue weighted by molar-refractivity contribution is -0.136. The van der Waals surface area contributed by atoms with Crippen LogP contribution in [0.2, 0.25) is 0 Å². The smallest absolute Gasteiger partial charge is 0.242 e. The van der Waals surface area contributed by atoms with Crippen molar-refractivity contribution in [1.82, 2.24) is 10.2 Å². The van der Waals surface area contributed by atoms with Gasteiger partial charge in [-0.05, 0) is 54.0 Å². The first-order valence-corrected chi connectivity index (χ1v) is 10.9. The van der Waals surface area contributed by atoms with Crippen molar-refractivity contribution in [2.75, 3.05) is 27.3 Å². The summed E-state index contributed by atoms with van der Waals surface area (Å²) in [5.41, 5.74) is 2.21. The number of nitrogens with zero attached hydrogens (tertiary/aromatic N) is 1. The molecular formula is C22H26N2O4S. The average molecular weight is 415 g/mol. The molecular weight excluding hydrogens is 388 g/mol. The van der Waals surface area contributed by atoms with E-state index >= 15 is 0 Å². The van der Waals surface area contributed by atoms with Gasteiger partial charge < -0.3 is 19.7 Å². The molecule has 0 bridgehead atoms. The lowest BCUT2D eigenvalue weighted by Crippen LogP contribution is -2.46. The maximum Gasteiger partial charge on any atom is 0.242 e. The number of carbonyl (C=O) groups is 2. The molecule has 0 unspecified atom stereocenters. The van der Waals surface area contributed by atoms with Crippen LogP contribution < -0.4 is 14.8 Å². The standard InChI is InChI=1S/C22H26N2O4S/c1-27-17-11-15-8-9-24(20(25)13-23-22(26)14-5-3-6-14)21(19-7-4-10-29-19)16(15)12-18(17)28-2/h4,7,10-12,14,21H,3,5-6,8-9,13H2,1-2H3,(H,23,26)/t21-/m0/s1. The Balaban J connectivity index is 1.61. The van der Waals surface area contributed by atoms with Gasteiger partial charge in [0.2, 0.25) is 11.8 Å². The first-order valence-electron chi connectivity index (χ1n) is 9.97. The number of methoxy groups -OCH3 is 2. The van der Waals surface area contributed by atoms with E-state index < -0.39 is 0 Å². The van der Waals surface area contributed by atoms with Crippen molar-refractivity contribution < 1.29 is 19.1 Å². The highest BCUT2D eigenvalue weighted by Gasteiger charge is 2.34. The Morgan fingerprint density at radius 3 is 2.59 bits per heavy atom. The normalized spacial score (nSPS) is 18.6. The molecule has 1 atom stereocenters. The van der Waals surface area contributed by atoms with Gasteiger partial charge in [0.25, 0.3) is 0 Å². The largest absolute Gasteiger partial charge is 0.493 e. The molecule has 4 rings (SSSR count). The number of benzene rings is 1. The first-order chi connectivity index (χ1) is 14.1. The van der Waals surface area contributed by atoms with Crippen molar-refractivity contribution in [3.8, 4) is 11.5 Å². The van der Waals surface area contributed by atoms with Crippen LogP contribution in [-0.4, -0.2) is 44.0 Å². The minimum absolute atomic E-state index is 0.00101. The molecule has 1 saturated carbocycles. The number of hydrogen-bond acceptors (Lipinski definition) is 5. The number of nitrogens with one attached hydrogen (secondary N) is 1. The first kappa shape index (κ1) is 19.8. The molecule has 0 saturated heterocycles. The highest BCUT2D eigenvalue weighted by Crippen LogP contribution is 2.42. The molecule has 6 nitrogen and oxygen atoms in total. The zero-order valence-electron chi connectivity index (χ0n) is 16.8. The van der Waals surface area contributed by atoms with E-state index in [-0.39, 0.29) is 30.3 Å². The summed E-state index contributed by atoms with van der Waals surface area (Å²) in [6.45, 7) is 0.642. The van der Waals surface area contributed by atoms with Crippen molar-refractivity contribution in [2.45, 2.75) is 31.7 Å². The van der Waals surface area contributed by atoms with Gasteiger partial charge in [0.15, 0.2) is 11.5 Å². The summed E-state index contributed by atoms with van der Waals surface area (Å²) in [6.07, 6.45) is 3.69. The third-order valence-corrected chi connectivity index (χ3v) is 6.82. The van der Waals surface area contributed by atoms with Crippen molar-refractivity contribution in [1.29, 1.82) is 0 Å². The molecule has 1 fully saturated rings. The third-order valence-electron chi connectivity index (χ3n) is 5.90. The molecule has 1 N–H and O–H groups in total. The monoisotopic (exact) mass is 414 g/mol. The summed E-state index contributed by atoms with van der Waals surface area (Å²) in [4.78, 5) is 28.2. The fourth-order valence-electron chi connectivity index (χ4n) is 4.05. The Morgan fingerprint density at radius 2 is 1.97 bits per heavy atom. The summed E-state index contributed by atoms with van der Waals surface area (Å²) in [6, 6.07) is 7.84. The highest BCUT2D eigenvalue weighted by molar-refractivity contribution is 7.10. The van der Waals surface area contributed by atoms with Gasteiger partial charge in [0.1, 0.15) is 0 Å².